The summed E-state index contributed by atoms with van der Waals surface area (Å²) in [6, 6.07) is 6.29. The summed E-state index contributed by atoms with van der Waals surface area (Å²) in [6.45, 7) is 6.23. The Bertz CT molecular complexity index is 741. The summed E-state index contributed by atoms with van der Waals surface area (Å²) in [5.41, 5.74) is 0.778. The van der Waals surface area contributed by atoms with Gasteiger partial charge in [-0.1, -0.05) is 26.0 Å². The lowest BCUT2D eigenvalue weighted by molar-refractivity contribution is -0.115. The molecule has 0 bridgehead atoms. The maximum atomic E-state index is 13.2. The number of nitrogens with zero attached hydrogens (tertiary/aromatic N) is 3. The van der Waals surface area contributed by atoms with Crippen molar-refractivity contribution in [1.82, 2.24) is 15.0 Å². The minimum absolute atomic E-state index is 0.0277. The number of benzene rings is 1. The standard InChI is InChI=1S/C18H24FN5O2/c1-4-15(11-26-10-13-7-6-8-14(19)9-13)22-17-20-12(3)21-18(24-17)23-16(25)5-2/h6-9,15H,4-5,10-11H2,1-3H3,(H2,20,21,22,23,24,25). The molecule has 0 aliphatic carbocycles. The number of anilines is 2. The van der Waals surface area contributed by atoms with E-state index in [1.165, 1.54) is 12.1 Å². The molecule has 0 radical (unpaired) electrons. The fraction of sp³-hybridized carbons (Fsp3) is 0.444. The van der Waals surface area contributed by atoms with Crippen molar-refractivity contribution in [1.29, 1.82) is 0 Å². The number of halogens is 1. The van der Waals surface area contributed by atoms with Crippen LogP contribution in [0.1, 0.15) is 38.1 Å². The van der Waals surface area contributed by atoms with E-state index in [2.05, 4.69) is 25.6 Å². The Morgan fingerprint density at radius 1 is 1.23 bits per heavy atom. The van der Waals surface area contributed by atoms with E-state index >= 15 is 0 Å². The van der Waals surface area contributed by atoms with Crippen molar-refractivity contribution in [3.05, 3.63) is 41.5 Å². The van der Waals surface area contributed by atoms with E-state index in [0.717, 1.165) is 12.0 Å². The Labute approximate surface area is 152 Å². The van der Waals surface area contributed by atoms with E-state index in [1.807, 2.05) is 13.0 Å². The summed E-state index contributed by atoms with van der Waals surface area (Å²) < 4.78 is 18.9. The number of aromatic nitrogens is 3. The topological polar surface area (TPSA) is 89.0 Å². The normalized spacial score (nSPS) is 11.8. The minimum atomic E-state index is -0.279. The molecule has 0 saturated heterocycles. The van der Waals surface area contributed by atoms with Gasteiger partial charge >= 0.3 is 0 Å². The molecule has 1 unspecified atom stereocenters. The van der Waals surface area contributed by atoms with E-state index in [0.29, 0.717) is 31.4 Å². The molecule has 2 aromatic rings. The van der Waals surface area contributed by atoms with E-state index < -0.39 is 0 Å². The predicted octanol–water partition coefficient (Wildman–Crippen LogP) is 3.07. The van der Waals surface area contributed by atoms with Crippen LogP contribution in [0.2, 0.25) is 0 Å². The van der Waals surface area contributed by atoms with Crippen molar-refractivity contribution in [3.8, 4) is 0 Å². The first-order valence-electron chi connectivity index (χ1n) is 8.61. The van der Waals surface area contributed by atoms with Crippen molar-refractivity contribution in [2.45, 2.75) is 46.3 Å². The molecule has 140 valence electrons. The number of ether oxygens (including phenoxy) is 1. The van der Waals surface area contributed by atoms with Crippen LogP contribution in [0.3, 0.4) is 0 Å². The molecule has 7 nitrogen and oxygen atoms in total. The third kappa shape index (κ3) is 6.36. The van der Waals surface area contributed by atoms with Crippen molar-refractivity contribution < 1.29 is 13.9 Å². The third-order valence-electron chi connectivity index (χ3n) is 3.62. The Morgan fingerprint density at radius 3 is 2.69 bits per heavy atom. The van der Waals surface area contributed by atoms with Gasteiger partial charge in [0.2, 0.25) is 17.8 Å². The number of carbonyl (C=O) groups is 1. The van der Waals surface area contributed by atoms with Gasteiger partial charge in [0.25, 0.3) is 0 Å². The van der Waals surface area contributed by atoms with Crippen molar-refractivity contribution in [2.75, 3.05) is 17.2 Å². The number of hydrogen-bond acceptors (Lipinski definition) is 6. The highest BCUT2D eigenvalue weighted by Gasteiger charge is 2.11. The molecule has 0 spiro atoms. The highest BCUT2D eigenvalue weighted by molar-refractivity contribution is 5.88. The van der Waals surface area contributed by atoms with Gasteiger partial charge in [0.15, 0.2) is 0 Å². The SMILES string of the molecule is CCC(=O)Nc1nc(C)nc(NC(CC)COCc2cccc(F)c2)n1. The lowest BCUT2D eigenvalue weighted by Crippen LogP contribution is -2.26. The third-order valence-corrected chi connectivity index (χ3v) is 3.62. The van der Waals surface area contributed by atoms with Crippen molar-refractivity contribution in [3.63, 3.8) is 0 Å². The molecular weight excluding hydrogens is 337 g/mol. The molecule has 8 heteroatoms. The summed E-state index contributed by atoms with van der Waals surface area (Å²) in [6.07, 6.45) is 1.13. The number of amides is 1. The van der Waals surface area contributed by atoms with Gasteiger partial charge in [0, 0.05) is 6.42 Å². The van der Waals surface area contributed by atoms with E-state index in [1.54, 1.807) is 19.9 Å². The highest BCUT2D eigenvalue weighted by Crippen LogP contribution is 2.10. The molecule has 26 heavy (non-hydrogen) atoms. The summed E-state index contributed by atoms with van der Waals surface area (Å²) in [5.74, 6) is 0.669. The van der Waals surface area contributed by atoms with E-state index in [4.69, 9.17) is 4.74 Å². The summed E-state index contributed by atoms with van der Waals surface area (Å²) >= 11 is 0. The van der Waals surface area contributed by atoms with E-state index in [-0.39, 0.29) is 23.7 Å². The maximum absolute atomic E-state index is 13.2. The number of carbonyl (C=O) groups excluding carboxylic acids is 1. The summed E-state index contributed by atoms with van der Waals surface area (Å²) in [5, 5.41) is 5.81. The van der Waals surface area contributed by atoms with Crippen molar-refractivity contribution >= 4 is 17.8 Å². The molecule has 1 atom stereocenters. The van der Waals surface area contributed by atoms with Crippen LogP contribution < -0.4 is 10.6 Å². The van der Waals surface area contributed by atoms with Crippen LogP contribution in [-0.4, -0.2) is 33.5 Å². The molecule has 0 saturated carbocycles. The number of hydrogen-bond donors (Lipinski definition) is 2. The Hall–Kier alpha value is -2.61. The highest BCUT2D eigenvalue weighted by atomic mass is 19.1. The van der Waals surface area contributed by atoms with Gasteiger partial charge in [0.1, 0.15) is 11.6 Å². The van der Waals surface area contributed by atoms with Gasteiger partial charge < -0.3 is 10.1 Å². The Kier molecular flexibility index (Phi) is 7.40. The van der Waals surface area contributed by atoms with Gasteiger partial charge in [-0.25, -0.2) is 4.39 Å². The zero-order chi connectivity index (χ0) is 18.9. The minimum Gasteiger partial charge on any atom is -0.375 e. The van der Waals surface area contributed by atoms with Gasteiger partial charge in [-0.15, -0.1) is 0 Å². The maximum Gasteiger partial charge on any atom is 0.234 e. The first kappa shape index (κ1) is 19.7. The fourth-order valence-corrected chi connectivity index (χ4v) is 2.21. The predicted molar refractivity (Wildman–Crippen MR) is 97.2 cm³/mol. The summed E-state index contributed by atoms with van der Waals surface area (Å²) in [4.78, 5) is 24.1. The number of nitrogens with one attached hydrogen (secondary N) is 2. The second-order valence-electron chi connectivity index (χ2n) is 5.83. The van der Waals surface area contributed by atoms with Crippen LogP contribution >= 0.6 is 0 Å². The van der Waals surface area contributed by atoms with Crippen molar-refractivity contribution in [2.24, 2.45) is 0 Å². The molecule has 2 N–H and O–H groups in total. The first-order valence-corrected chi connectivity index (χ1v) is 8.61. The van der Waals surface area contributed by atoms with Gasteiger partial charge in [-0.05, 0) is 31.0 Å². The van der Waals surface area contributed by atoms with Crippen LogP contribution in [0.25, 0.3) is 0 Å². The second kappa shape index (κ2) is 9.76. The Balaban J connectivity index is 1.93. The lowest BCUT2D eigenvalue weighted by atomic mass is 10.2. The molecular formula is C18H24FN5O2. The first-order chi connectivity index (χ1) is 12.5. The van der Waals surface area contributed by atoms with Gasteiger partial charge in [-0.3, -0.25) is 10.1 Å². The molecule has 1 aromatic heterocycles. The lowest BCUT2D eigenvalue weighted by Gasteiger charge is -2.17. The van der Waals surface area contributed by atoms with Crippen LogP contribution in [0.4, 0.5) is 16.3 Å². The summed E-state index contributed by atoms with van der Waals surface area (Å²) in [7, 11) is 0. The molecule has 0 fully saturated rings. The molecule has 2 rings (SSSR count). The molecule has 1 heterocycles. The number of aryl methyl sites for hydroxylation is 1. The fourth-order valence-electron chi connectivity index (χ4n) is 2.21. The van der Waals surface area contributed by atoms with E-state index in [9.17, 15) is 9.18 Å². The zero-order valence-electron chi connectivity index (χ0n) is 15.3. The zero-order valence-corrected chi connectivity index (χ0v) is 15.3. The van der Waals surface area contributed by atoms with Gasteiger partial charge in [0.05, 0.1) is 19.3 Å². The quantitative estimate of drug-likeness (QED) is 0.713. The Morgan fingerprint density at radius 2 is 2.00 bits per heavy atom. The van der Waals surface area contributed by atoms with Crippen LogP contribution in [-0.2, 0) is 16.1 Å². The largest absolute Gasteiger partial charge is 0.375 e. The number of rotatable bonds is 9. The molecule has 1 amide bonds. The average Bonchev–Trinajstić information content (AvgIpc) is 2.60. The smallest absolute Gasteiger partial charge is 0.234 e. The van der Waals surface area contributed by atoms with Crippen LogP contribution in [0.5, 0.6) is 0 Å². The van der Waals surface area contributed by atoms with Gasteiger partial charge in [-0.2, -0.15) is 15.0 Å². The molecule has 1 aromatic carbocycles. The monoisotopic (exact) mass is 361 g/mol. The molecule has 0 aliphatic heterocycles. The second-order valence-corrected chi connectivity index (χ2v) is 5.83. The average molecular weight is 361 g/mol. The van der Waals surface area contributed by atoms with Crippen LogP contribution in [0, 0.1) is 12.7 Å². The van der Waals surface area contributed by atoms with Crippen LogP contribution in [0.15, 0.2) is 24.3 Å². The molecule has 0 aliphatic rings.